The molecule has 0 aromatic heterocycles. The van der Waals surface area contributed by atoms with E-state index in [0.717, 1.165) is 32.4 Å². The van der Waals surface area contributed by atoms with Gasteiger partial charge in [-0.2, -0.15) is 5.26 Å². The first-order valence-corrected chi connectivity index (χ1v) is 5.97. The Morgan fingerprint density at radius 1 is 1.19 bits per heavy atom. The van der Waals surface area contributed by atoms with E-state index in [-0.39, 0.29) is 0 Å². The van der Waals surface area contributed by atoms with Crippen molar-refractivity contribution in [1.29, 1.82) is 5.26 Å². The van der Waals surface area contributed by atoms with Gasteiger partial charge in [0.2, 0.25) is 0 Å². The first-order chi connectivity index (χ1) is 7.84. The molecule has 0 spiro atoms. The van der Waals surface area contributed by atoms with Crippen LogP contribution in [0.25, 0.3) is 0 Å². The molecule has 2 heteroatoms. The van der Waals surface area contributed by atoms with Gasteiger partial charge < -0.3 is 5.32 Å². The molecule has 0 atom stereocenters. The van der Waals surface area contributed by atoms with E-state index in [1.54, 1.807) is 0 Å². The molecule has 0 heterocycles. The molecule has 0 aliphatic heterocycles. The maximum atomic E-state index is 8.38. The molecule has 0 saturated heterocycles. The van der Waals surface area contributed by atoms with Crippen molar-refractivity contribution in [1.82, 2.24) is 5.32 Å². The van der Waals surface area contributed by atoms with Gasteiger partial charge in [0, 0.05) is 6.42 Å². The first-order valence-electron chi connectivity index (χ1n) is 5.97. The lowest BCUT2D eigenvalue weighted by atomic mass is 10.1. The minimum absolute atomic E-state index is 0.680. The fourth-order valence-corrected chi connectivity index (χ4v) is 1.69. The van der Waals surface area contributed by atoms with E-state index in [9.17, 15) is 0 Å². The maximum Gasteiger partial charge on any atom is 0.0621 e. The standard InChI is InChI=1S/C14H20N2/c1-13-7-3-4-8-14(13)9-12-16-11-6-2-5-10-15/h3-4,7-8,16H,2,5-6,9,11-12H2,1H3. The second kappa shape index (κ2) is 7.90. The van der Waals surface area contributed by atoms with E-state index >= 15 is 0 Å². The van der Waals surface area contributed by atoms with E-state index in [4.69, 9.17) is 5.26 Å². The van der Waals surface area contributed by atoms with Crippen molar-refractivity contribution in [3.8, 4) is 6.07 Å². The quantitative estimate of drug-likeness (QED) is 0.711. The van der Waals surface area contributed by atoms with Crippen molar-refractivity contribution in [2.45, 2.75) is 32.6 Å². The van der Waals surface area contributed by atoms with E-state index in [1.165, 1.54) is 11.1 Å². The average Bonchev–Trinajstić information content (AvgIpc) is 2.30. The average molecular weight is 216 g/mol. The molecule has 1 aromatic rings. The Labute approximate surface area is 98.3 Å². The van der Waals surface area contributed by atoms with Gasteiger partial charge in [-0.15, -0.1) is 0 Å². The molecule has 0 radical (unpaired) electrons. The normalized spacial score (nSPS) is 10.0. The third-order valence-corrected chi connectivity index (χ3v) is 2.72. The third kappa shape index (κ3) is 4.95. The van der Waals surface area contributed by atoms with Gasteiger partial charge in [0.1, 0.15) is 0 Å². The van der Waals surface area contributed by atoms with Crippen LogP contribution in [0.15, 0.2) is 24.3 Å². The number of hydrogen-bond donors (Lipinski definition) is 1. The second-order valence-corrected chi connectivity index (χ2v) is 4.04. The molecule has 1 aromatic carbocycles. The molecule has 0 aliphatic carbocycles. The highest BCUT2D eigenvalue weighted by atomic mass is 14.8. The number of unbranched alkanes of at least 4 members (excludes halogenated alkanes) is 2. The summed E-state index contributed by atoms with van der Waals surface area (Å²) in [6.45, 7) is 4.20. The lowest BCUT2D eigenvalue weighted by Gasteiger charge is -2.06. The van der Waals surface area contributed by atoms with Gasteiger partial charge in [-0.05, 0) is 50.4 Å². The highest BCUT2D eigenvalue weighted by Gasteiger charge is 1.96. The van der Waals surface area contributed by atoms with Crippen LogP contribution < -0.4 is 5.32 Å². The molecular weight excluding hydrogens is 196 g/mol. The lowest BCUT2D eigenvalue weighted by Crippen LogP contribution is -2.18. The summed E-state index contributed by atoms with van der Waals surface area (Å²) in [6, 6.07) is 10.7. The number of hydrogen-bond acceptors (Lipinski definition) is 2. The highest BCUT2D eigenvalue weighted by molar-refractivity contribution is 5.25. The molecule has 1 rings (SSSR count). The van der Waals surface area contributed by atoms with Crippen molar-refractivity contribution in [3.05, 3.63) is 35.4 Å². The van der Waals surface area contributed by atoms with E-state index in [0.29, 0.717) is 6.42 Å². The van der Waals surface area contributed by atoms with Crippen molar-refractivity contribution in [2.24, 2.45) is 0 Å². The van der Waals surface area contributed by atoms with Gasteiger partial charge >= 0.3 is 0 Å². The number of aryl methyl sites for hydroxylation is 1. The minimum Gasteiger partial charge on any atom is -0.316 e. The lowest BCUT2D eigenvalue weighted by molar-refractivity contribution is 0.627. The largest absolute Gasteiger partial charge is 0.316 e. The molecule has 0 unspecified atom stereocenters. The van der Waals surface area contributed by atoms with Crippen LogP contribution >= 0.6 is 0 Å². The summed E-state index contributed by atoms with van der Waals surface area (Å²) in [4.78, 5) is 0. The number of nitriles is 1. The van der Waals surface area contributed by atoms with Crippen LogP contribution in [0.5, 0.6) is 0 Å². The predicted molar refractivity (Wildman–Crippen MR) is 67.2 cm³/mol. The fourth-order valence-electron chi connectivity index (χ4n) is 1.69. The highest BCUT2D eigenvalue weighted by Crippen LogP contribution is 2.06. The molecule has 2 nitrogen and oxygen atoms in total. The summed E-state index contributed by atoms with van der Waals surface area (Å²) in [5, 5.41) is 11.8. The summed E-state index contributed by atoms with van der Waals surface area (Å²) in [6.07, 6.45) is 3.87. The van der Waals surface area contributed by atoms with Crippen LogP contribution in [-0.4, -0.2) is 13.1 Å². The molecular formula is C14H20N2. The summed E-state index contributed by atoms with van der Waals surface area (Å²) in [5.74, 6) is 0. The molecule has 0 amide bonds. The number of nitrogens with zero attached hydrogens (tertiary/aromatic N) is 1. The van der Waals surface area contributed by atoms with Crippen LogP contribution in [0.1, 0.15) is 30.4 Å². The van der Waals surface area contributed by atoms with Crippen LogP contribution in [0.4, 0.5) is 0 Å². The van der Waals surface area contributed by atoms with Gasteiger partial charge in [-0.1, -0.05) is 24.3 Å². The fraction of sp³-hybridized carbons (Fsp3) is 0.500. The first kappa shape index (κ1) is 12.7. The van der Waals surface area contributed by atoms with Gasteiger partial charge in [-0.3, -0.25) is 0 Å². The van der Waals surface area contributed by atoms with Crippen molar-refractivity contribution in [3.63, 3.8) is 0 Å². The predicted octanol–water partition coefficient (Wildman–Crippen LogP) is 2.82. The van der Waals surface area contributed by atoms with Crippen LogP contribution in [0, 0.1) is 18.3 Å². The van der Waals surface area contributed by atoms with Crippen molar-refractivity contribution in [2.75, 3.05) is 13.1 Å². The SMILES string of the molecule is Cc1ccccc1CCNCCCCC#N. The number of nitrogens with one attached hydrogen (secondary N) is 1. The van der Waals surface area contributed by atoms with Crippen LogP contribution in [0.2, 0.25) is 0 Å². The monoisotopic (exact) mass is 216 g/mol. The Kier molecular flexibility index (Phi) is 6.29. The summed E-state index contributed by atoms with van der Waals surface area (Å²) >= 11 is 0. The molecule has 1 N–H and O–H groups in total. The second-order valence-electron chi connectivity index (χ2n) is 4.04. The molecule has 0 bridgehead atoms. The Morgan fingerprint density at radius 3 is 2.75 bits per heavy atom. The number of rotatable bonds is 7. The zero-order valence-corrected chi connectivity index (χ0v) is 10.00. The zero-order valence-electron chi connectivity index (χ0n) is 10.00. The Morgan fingerprint density at radius 2 is 2.00 bits per heavy atom. The number of benzene rings is 1. The minimum atomic E-state index is 0.680. The Hall–Kier alpha value is -1.33. The third-order valence-electron chi connectivity index (χ3n) is 2.72. The van der Waals surface area contributed by atoms with E-state index in [2.05, 4.69) is 42.6 Å². The van der Waals surface area contributed by atoms with E-state index in [1.807, 2.05) is 0 Å². The molecule has 86 valence electrons. The molecule has 0 saturated carbocycles. The Bertz CT molecular complexity index is 339. The van der Waals surface area contributed by atoms with Gasteiger partial charge in [0.05, 0.1) is 6.07 Å². The topological polar surface area (TPSA) is 35.8 Å². The van der Waals surface area contributed by atoms with Crippen molar-refractivity contribution < 1.29 is 0 Å². The van der Waals surface area contributed by atoms with Gasteiger partial charge in [0.25, 0.3) is 0 Å². The molecule has 0 fully saturated rings. The zero-order chi connectivity index (χ0) is 11.6. The van der Waals surface area contributed by atoms with E-state index < -0.39 is 0 Å². The molecule has 16 heavy (non-hydrogen) atoms. The Balaban J connectivity index is 2.08. The van der Waals surface area contributed by atoms with Gasteiger partial charge in [-0.25, -0.2) is 0 Å². The molecule has 0 aliphatic rings. The smallest absolute Gasteiger partial charge is 0.0621 e. The maximum absolute atomic E-state index is 8.38. The van der Waals surface area contributed by atoms with Crippen molar-refractivity contribution >= 4 is 0 Å². The van der Waals surface area contributed by atoms with Crippen LogP contribution in [-0.2, 0) is 6.42 Å². The van der Waals surface area contributed by atoms with Gasteiger partial charge in [0.15, 0.2) is 0 Å². The summed E-state index contributed by atoms with van der Waals surface area (Å²) in [5.41, 5.74) is 2.79. The summed E-state index contributed by atoms with van der Waals surface area (Å²) in [7, 11) is 0. The van der Waals surface area contributed by atoms with Crippen LogP contribution in [0.3, 0.4) is 0 Å². The summed E-state index contributed by atoms with van der Waals surface area (Å²) < 4.78 is 0.